The molecule has 1 aromatic carbocycles. The van der Waals surface area contributed by atoms with Gasteiger partial charge in [0.1, 0.15) is 17.5 Å². The summed E-state index contributed by atoms with van der Waals surface area (Å²) < 4.78 is 15.6. The molecule has 2 N–H and O–H groups in total. The highest BCUT2D eigenvalue weighted by Crippen LogP contribution is 2.36. The first-order chi connectivity index (χ1) is 8.97. The van der Waals surface area contributed by atoms with E-state index < -0.39 is 12.0 Å². The number of rotatable bonds is 5. The number of hydrogen-bond acceptors (Lipinski definition) is 5. The van der Waals surface area contributed by atoms with E-state index in [4.69, 9.17) is 19.9 Å². The van der Waals surface area contributed by atoms with Gasteiger partial charge in [-0.15, -0.1) is 0 Å². The minimum atomic E-state index is -0.886. The Labute approximate surface area is 113 Å². The number of carbonyl (C=O) groups is 1. The van der Waals surface area contributed by atoms with Crippen molar-refractivity contribution in [1.82, 2.24) is 0 Å². The molecule has 1 atom stereocenters. The number of methoxy groups -OCH3 is 2. The second kappa shape index (κ2) is 6.43. The Hall–Kier alpha value is -1.75. The van der Waals surface area contributed by atoms with Crippen LogP contribution in [0.4, 0.5) is 0 Å². The number of hydrogen-bond donors (Lipinski definition) is 1. The fraction of sp³-hybridized carbons (Fsp3) is 0.500. The fourth-order valence-corrected chi connectivity index (χ4v) is 1.96. The maximum Gasteiger partial charge on any atom is 0.327 e. The highest BCUT2D eigenvalue weighted by atomic mass is 16.5. The van der Waals surface area contributed by atoms with Gasteiger partial charge in [-0.05, 0) is 38.0 Å². The van der Waals surface area contributed by atoms with Gasteiger partial charge in [-0.1, -0.05) is 0 Å². The first kappa shape index (κ1) is 15.3. The van der Waals surface area contributed by atoms with Gasteiger partial charge in [0.2, 0.25) is 0 Å². The number of ether oxygens (including phenoxy) is 3. The molecule has 106 valence electrons. The average Bonchev–Trinajstić information content (AvgIpc) is 2.41. The van der Waals surface area contributed by atoms with Crippen molar-refractivity contribution in [1.29, 1.82) is 0 Å². The summed E-state index contributed by atoms with van der Waals surface area (Å²) in [7, 11) is 3.13. The van der Waals surface area contributed by atoms with Crippen molar-refractivity contribution >= 4 is 5.97 Å². The van der Waals surface area contributed by atoms with Crippen LogP contribution >= 0.6 is 0 Å². The van der Waals surface area contributed by atoms with Gasteiger partial charge in [0.15, 0.2) is 0 Å². The standard InChI is InChI=1S/C14H21NO4/c1-6-19-14(16)12(15)10-7-11(17-4)8(2)9(3)13(10)18-5/h7,12H,6,15H2,1-5H3. The molecule has 0 bridgehead atoms. The van der Waals surface area contributed by atoms with Gasteiger partial charge in [0, 0.05) is 5.56 Å². The third-order valence-electron chi connectivity index (χ3n) is 3.12. The number of esters is 1. The molecule has 0 aliphatic carbocycles. The summed E-state index contributed by atoms with van der Waals surface area (Å²) in [6.45, 7) is 5.86. The molecule has 0 radical (unpaired) electrons. The normalized spacial score (nSPS) is 11.9. The molecular weight excluding hydrogens is 246 g/mol. The lowest BCUT2D eigenvalue weighted by molar-refractivity contribution is -0.144. The maximum absolute atomic E-state index is 11.8. The molecule has 1 aromatic rings. The first-order valence-electron chi connectivity index (χ1n) is 6.12. The van der Waals surface area contributed by atoms with Gasteiger partial charge in [-0.25, -0.2) is 4.79 Å². The second-order valence-corrected chi connectivity index (χ2v) is 4.18. The van der Waals surface area contributed by atoms with Gasteiger partial charge >= 0.3 is 5.97 Å². The molecule has 0 aliphatic rings. The molecule has 0 saturated carbocycles. The van der Waals surface area contributed by atoms with Crippen LogP contribution in [-0.4, -0.2) is 26.8 Å². The van der Waals surface area contributed by atoms with Crippen LogP contribution in [0.3, 0.4) is 0 Å². The predicted octanol–water partition coefficient (Wildman–Crippen LogP) is 1.88. The van der Waals surface area contributed by atoms with Crippen molar-refractivity contribution in [2.45, 2.75) is 26.8 Å². The fourth-order valence-electron chi connectivity index (χ4n) is 1.96. The van der Waals surface area contributed by atoms with Crippen molar-refractivity contribution in [2.24, 2.45) is 5.73 Å². The van der Waals surface area contributed by atoms with Gasteiger partial charge in [-0.3, -0.25) is 0 Å². The van der Waals surface area contributed by atoms with Crippen LogP contribution in [0.2, 0.25) is 0 Å². The number of benzene rings is 1. The van der Waals surface area contributed by atoms with E-state index in [9.17, 15) is 4.79 Å². The van der Waals surface area contributed by atoms with Crippen molar-refractivity contribution in [3.63, 3.8) is 0 Å². The Balaban J connectivity index is 3.33. The van der Waals surface area contributed by atoms with Crippen molar-refractivity contribution < 1.29 is 19.0 Å². The average molecular weight is 267 g/mol. The molecule has 0 fully saturated rings. The molecule has 1 rings (SSSR count). The summed E-state index contributed by atoms with van der Waals surface area (Å²) in [4.78, 5) is 11.8. The Kier molecular flexibility index (Phi) is 5.18. The summed E-state index contributed by atoms with van der Waals surface area (Å²) in [5, 5.41) is 0. The molecule has 19 heavy (non-hydrogen) atoms. The van der Waals surface area contributed by atoms with Crippen molar-refractivity contribution in [3.8, 4) is 11.5 Å². The lowest BCUT2D eigenvalue weighted by Gasteiger charge is -2.19. The summed E-state index contributed by atoms with van der Waals surface area (Å²) in [5.41, 5.74) is 8.36. The van der Waals surface area contributed by atoms with E-state index in [2.05, 4.69) is 0 Å². The molecule has 0 saturated heterocycles. The van der Waals surface area contributed by atoms with Crippen LogP contribution < -0.4 is 15.2 Å². The minimum Gasteiger partial charge on any atom is -0.496 e. The molecule has 0 amide bonds. The Morgan fingerprint density at radius 2 is 1.89 bits per heavy atom. The minimum absolute atomic E-state index is 0.289. The Morgan fingerprint density at radius 1 is 1.26 bits per heavy atom. The van der Waals surface area contributed by atoms with E-state index >= 15 is 0 Å². The zero-order valence-electron chi connectivity index (χ0n) is 12.1. The monoisotopic (exact) mass is 267 g/mol. The van der Waals surface area contributed by atoms with E-state index in [1.54, 1.807) is 27.2 Å². The maximum atomic E-state index is 11.8. The molecule has 0 heterocycles. The highest BCUT2D eigenvalue weighted by Gasteiger charge is 2.24. The zero-order chi connectivity index (χ0) is 14.6. The quantitative estimate of drug-likeness (QED) is 0.825. The third-order valence-corrected chi connectivity index (χ3v) is 3.12. The molecule has 1 unspecified atom stereocenters. The topological polar surface area (TPSA) is 70.8 Å². The predicted molar refractivity (Wildman–Crippen MR) is 72.6 cm³/mol. The van der Waals surface area contributed by atoms with E-state index in [0.29, 0.717) is 17.1 Å². The van der Waals surface area contributed by atoms with Crippen molar-refractivity contribution in [2.75, 3.05) is 20.8 Å². The van der Waals surface area contributed by atoms with Crippen LogP contribution in [0.1, 0.15) is 29.7 Å². The Morgan fingerprint density at radius 3 is 2.37 bits per heavy atom. The SMILES string of the molecule is CCOC(=O)C(N)c1cc(OC)c(C)c(C)c1OC. The van der Waals surface area contributed by atoms with Crippen molar-refractivity contribution in [3.05, 3.63) is 22.8 Å². The van der Waals surface area contributed by atoms with Crippen LogP contribution in [0, 0.1) is 13.8 Å². The number of nitrogens with two attached hydrogens (primary N) is 1. The van der Waals surface area contributed by atoms with E-state index in [-0.39, 0.29) is 6.61 Å². The molecular formula is C14H21NO4. The smallest absolute Gasteiger partial charge is 0.327 e. The summed E-state index contributed by atoms with van der Waals surface area (Å²) in [5.74, 6) is 0.790. The van der Waals surface area contributed by atoms with Crippen LogP contribution in [0.25, 0.3) is 0 Å². The third kappa shape index (κ3) is 2.98. The summed E-state index contributed by atoms with van der Waals surface area (Å²) in [6, 6.07) is 0.839. The lowest BCUT2D eigenvalue weighted by Crippen LogP contribution is -2.24. The highest BCUT2D eigenvalue weighted by molar-refractivity contribution is 5.79. The first-order valence-corrected chi connectivity index (χ1v) is 6.12. The lowest BCUT2D eigenvalue weighted by atomic mass is 9.98. The van der Waals surface area contributed by atoms with Crippen LogP contribution in [0.15, 0.2) is 6.07 Å². The molecule has 0 aromatic heterocycles. The second-order valence-electron chi connectivity index (χ2n) is 4.18. The number of carbonyl (C=O) groups excluding carboxylic acids is 1. The Bertz CT molecular complexity index is 471. The van der Waals surface area contributed by atoms with E-state index in [1.807, 2.05) is 13.8 Å². The zero-order valence-corrected chi connectivity index (χ0v) is 12.1. The molecule has 5 heteroatoms. The summed E-state index contributed by atoms with van der Waals surface area (Å²) in [6.07, 6.45) is 0. The summed E-state index contributed by atoms with van der Waals surface area (Å²) >= 11 is 0. The van der Waals surface area contributed by atoms with Gasteiger partial charge in [-0.2, -0.15) is 0 Å². The van der Waals surface area contributed by atoms with Crippen LogP contribution in [0.5, 0.6) is 11.5 Å². The van der Waals surface area contributed by atoms with Crippen LogP contribution in [-0.2, 0) is 9.53 Å². The van der Waals surface area contributed by atoms with Gasteiger partial charge < -0.3 is 19.9 Å². The molecule has 5 nitrogen and oxygen atoms in total. The van der Waals surface area contributed by atoms with E-state index in [1.165, 1.54) is 0 Å². The molecule has 0 spiro atoms. The van der Waals surface area contributed by atoms with Gasteiger partial charge in [0.05, 0.1) is 20.8 Å². The largest absolute Gasteiger partial charge is 0.496 e. The van der Waals surface area contributed by atoms with E-state index in [0.717, 1.165) is 11.1 Å². The van der Waals surface area contributed by atoms with Gasteiger partial charge in [0.25, 0.3) is 0 Å². The molecule has 0 aliphatic heterocycles.